The van der Waals surface area contributed by atoms with E-state index in [0.29, 0.717) is 36.2 Å². The third kappa shape index (κ3) is 2.53. The van der Waals surface area contributed by atoms with Gasteiger partial charge in [0.05, 0.1) is 23.9 Å². The molecule has 1 aliphatic rings. The lowest BCUT2D eigenvalue weighted by Crippen LogP contribution is -2.41. The van der Waals surface area contributed by atoms with Gasteiger partial charge in [-0.05, 0) is 19.1 Å². The summed E-state index contributed by atoms with van der Waals surface area (Å²) in [6, 6.07) is 5.39. The molecular weight excluding hydrogens is 242 g/mol. The maximum absolute atomic E-state index is 11.8. The van der Waals surface area contributed by atoms with E-state index in [-0.39, 0.29) is 12.5 Å². The van der Waals surface area contributed by atoms with Crippen LogP contribution in [0.25, 0.3) is 0 Å². The number of hydrogen-bond donors (Lipinski definition) is 0. The van der Waals surface area contributed by atoms with Crippen molar-refractivity contribution in [3.05, 3.63) is 23.2 Å². The molecule has 0 radical (unpaired) electrons. The van der Waals surface area contributed by atoms with E-state index in [9.17, 15) is 4.79 Å². The van der Waals surface area contributed by atoms with Gasteiger partial charge in [-0.25, -0.2) is 0 Å². The fraction of sp³-hybridized carbons (Fsp3) is 0.417. The first kappa shape index (κ1) is 12.2. The molecule has 92 valence electrons. The molecule has 5 heteroatoms. The minimum absolute atomic E-state index is 0.0699. The van der Waals surface area contributed by atoms with Crippen molar-refractivity contribution in [2.24, 2.45) is 0 Å². The van der Waals surface area contributed by atoms with Gasteiger partial charge in [0.2, 0.25) is 0 Å². The Morgan fingerprint density at radius 3 is 3.06 bits per heavy atom. The summed E-state index contributed by atoms with van der Waals surface area (Å²) in [6.07, 6.45) is 0. The third-order valence-electron chi connectivity index (χ3n) is 2.51. The molecule has 0 saturated carbocycles. The van der Waals surface area contributed by atoms with Crippen molar-refractivity contribution >= 4 is 23.2 Å². The van der Waals surface area contributed by atoms with Crippen LogP contribution in [-0.4, -0.2) is 32.3 Å². The Morgan fingerprint density at radius 1 is 1.53 bits per heavy atom. The van der Waals surface area contributed by atoms with Gasteiger partial charge in [-0.15, -0.1) is 0 Å². The Labute approximate surface area is 105 Å². The molecular formula is C12H14ClNO3. The topological polar surface area (TPSA) is 38.8 Å². The van der Waals surface area contributed by atoms with Crippen LogP contribution in [0.3, 0.4) is 0 Å². The summed E-state index contributed by atoms with van der Waals surface area (Å²) in [5, 5.41) is 0.517. The van der Waals surface area contributed by atoms with Crippen LogP contribution in [-0.2, 0) is 9.53 Å². The number of morpholine rings is 1. The average Bonchev–Trinajstić information content (AvgIpc) is 2.33. The molecule has 4 nitrogen and oxygen atoms in total. The van der Waals surface area contributed by atoms with Crippen molar-refractivity contribution in [3.8, 4) is 5.75 Å². The van der Waals surface area contributed by atoms with Gasteiger partial charge in [0.1, 0.15) is 6.61 Å². The highest BCUT2D eigenvalue weighted by atomic mass is 35.5. The molecule has 2 rings (SSSR count). The van der Waals surface area contributed by atoms with Crippen molar-refractivity contribution in [2.45, 2.75) is 6.92 Å². The predicted molar refractivity (Wildman–Crippen MR) is 65.8 cm³/mol. The largest absolute Gasteiger partial charge is 0.490 e. The van der Waals surface area contributed by atoms with Gasteiger partial charge in [-0.1, -0.05) is 17.7 Å². The van der Waals surface area contributed by atoms with Crippen molar-refractivity contribution in [2.75, 3.05) is 31.3 Å². The zero-order chi connectivity index (χ0) is 12.3. The first-order valence-corrected chi connectivity index (χ1v) is 5.91. The van der Waals surface area contributed by atoms with Gasteiger partial charge in [0.25, 0.3) is 5.91 Å². The van der Waals surface area contributed by atoms with Crippen LogP contribution in [0.1, 0.15) is 6.92 Å². The Morgan fingerprint density at radius 2 is 2.35 bits per heavy atom. The number of carbonyl (C=O) groups is 1. The molecule has 1 amide bonds. The molecule has 1 aliphatic heterocycles. The zero-order valence-corrected chi connectivity index (χ0v) is 10.4. The number of anilines is 1. The number of benzene rings is 1. The molecule has 17 heavy (non-hydrogen) atoms. The van der Waals surface area contributed by atoms with Crippen LogP contribution in [0.2, 0.25) is 5.02 Å². The van der Waals surface area contributed by atoms with Crippen LogP contribution in [0, 0.1) is 0 Å². The molecule has 1 aromatic rings. The number of hydrogen-bond acceptors (Lipinski definition) is 3. The quantitative estimate of drug-likeness (QED) is 0.830. The number of rotatable bonds is 3. The number of ether oxygens (including phenoxy) is 2. The highest BCUT2D eigenvalue weighted by Crippen LogP contribution is 2.36. The van der Waals surface area contributed by atoms with Crippen LogP contribution in [0.4, 0.5) is 5.69 Å². The van der Waals surface area contributed by atoms with E-state index in [0.717, 1.165) is 0 Å². The van der Waals surface area contributed by atoms with Gasteiger partial charge in [0.15, 0.2) is 5.75 Å². The first-order chi connectivity index (χ1) is 8.24. The lowest BCUT2D eigenvalue weighted by atomic mass is 10.2. The molecule has 1 heterocycles. The normalized spacial score (nSPS) is 16.1. The summed E-state index contributed by atoms with van der Waals surface area (Å²) in [7, 11) is 0. The van der Waals surface area contributed by atoms with E-state index in [1.165, 1.54) is 0 Å². The molecule has 0 atom stereocenters. The standard InChI is InChI=1S/C12H14ClNO3/c1-2-17-12-9(13)4-3-5-10(12)14-6-7-16-8-11(14)15/h3-5H,2,6-8H2,1H3. The number of amides is 1. The van der Waals surface area contributed by atoms with Crippen molar-refractivity contribution in [1.29, 1.82) is 0 Å². The molecule has 0 spiro atoms. The van der Waals surface area contributed by atoms with Gasteiger partial charge in [-0.2, -0.15) is 0 Å². The Kier molecular flexibility index (Phi) is 3.86. The third-order valence-corrected chi connectivity index (χ3v) is 2.81. The molecule has 1 aromatic carbocycles. The summed E-state index contributed by atoms with van der Waals surface area (Å²) in [5.74, 6) is 0.492. The van der Waals surface area contributed by atoms with Crippen LogP contribution in [0.15, 0.2) is 18.2 Å². The summed E-state index contributed by atoms with van der Waals surface area (Å²) in [6.45, 7) is 3.56. The number of carbonyl (C=O) groups excluding carboxylic acids is 1. The van der Waals surface area contributed by atoms with E-state index in [4.69, 9.17) is 21.1 Å². The molecule has 0 unspecified atom stereocenters. The molecule has 1 fully saturated rings. The molecule has 0 aromatic heterocycles. The van der Waals surface area contributed by atoms with Gasteiger partial charge in [0, 0.05) is 6.54 Å². The van der Waals surface area contributed by atoms with E-state index in [1.54, 1.807) is 11.0 Å². The zero-order valence-electron chi connectivity index (χ0n) is 9.61. The van der Waals surface area contributed by atoms with E-state index >= 15 is 0 Å². The van der Waals surface area contributed by atoms with E-state index in [1.807, 2.05) is 19.1 Å². The molecule has 0 aliphatic carbocycles. The lowest BCUT2D eigenvalue weighted by Gasteiger charge is -2.28. The van der Waals surface area contributed by atoms with E-state index in [2.05, 4.69) is 0 Å². The highest BCUT2D eigenvalue weighted by Gasteiger charge is 2.24. The smallest absolute Gasteiger partial charge is 0.253 e. The monoisotopic (exact) mass is 255 g/mol. The second kappa shape index (κ2) is 5.38. The maximum atomic E-state index is 11.8. The number of nitrogens with zero attached hydrogens (tertiary/aromatic N) is 1. The van der Waals surface area contributed by atoms with Crippen molar-refractivity contribution < 1.29 is 14.3 Å². The summed E-state index contributed by atoms with van der Waals surface area (Å²) in [4.78, 5) is 13.4. The summed E-state index contributed by atoms with van der Waals surface area (Å²) < 4.78 is 10.6. The summed E-state index contributed by atoms with van der Waals surface area (Å²) in [5.41, 5.74) is 0.715. The fourth-order valence-electron chi connectivity index (χ4n) is 1.77. The van der Waals surface area contributed by atoms with Crippen LogP contribution < -0.4 is 9.64 Å². The van der Waals surface area contributed by atoms with Gasteiger partial charge >= 0.3 is 0 Å². The molecule has 0 N–H and O–H groups in total. The molecule has 1 saturated heterocycles. The minimum atomic E-state index is -0.0699. The van der Waals surface area contributed by atoms with Crippen LogP contribution >= 0.6 is 11.6 Å². The Hall–Kier alpha value is -1.26. The molecule has 0 bridgehead atoms. The second-order valence-electron chi connectivity index (χ2n) is 3.62. The second-order valence-corrected chi connectivity index (χ2v) is 4.03. The Bertz CT molecular complexity index is 422. The first-order valence-electron chi connectivity index (χ1n) is 5.53. The van der Waals surface area contributed by atoms with E-state index < -0.39 is 0 Å². The van der Waals surface area contributed by atoms with Gasteiger partial charge in [-0.3, -0.25) is 4.79 Å². The Balaban J connectivity index is 2.36. The summed E-state index contributed by atoms with van der Waals surface area (Å²) >= 11 is 6.08. The highest BCUT2D eigenvalue weighted by molar-refractivity contribution is 6.32. The number of halogens is 1. The SMILES string of the molecule is CCOc1c(Cl)cccc1N1CCOCC1=O. The maximum Gasteiger partial charge on any atom is 0.253 e. The average molecular weight is 256 g/mol. The minimum Gasteiger partial charge on any atom is -0.490 e. The number of para-hydroxylation sites is 1. The van der Waals surface area contributed by atoms with Gasteiger partial charge < -0.3 is 14.4 Å². The van der Waals surface area contributed by atoms with Crippen molar-refractivity contribution in [3.63, 3.8) is 0 Å². The lowest BCUT2D eigenvalue weighted by molar-refractivity contribution is -0.125. The van der Waals surface area contributed by atoms with Crippen LogP contribution in [0.5, 0.6) is 5.75 Å². The van der Waals surface area contributed by atoms with Crippen molar-refractivity contribution in [1.82, 2.24) is 0 Å². The predicted octanol–water partition coefficient (Wildman–Crippen LogP) is 2.10. The fourth-order valence-corrected chi connectivity index (χ4v) is 1.99.